The Morgan fingerprint density at radius 1 is 1.32 bits per heavy atom. The number of benzene rings is 1. The molecule has 0 radical (unpaired) electrons. The summed E-state index contributed by atoms with van der Waals surface area (Å²) in [4.78, 5) is 16.3. The number of hydrogen-bond donors (Lipinski definition) is 1. The highest BCUT2D eigenvalue weighted by Gasteiger charge is 2.36. The highest BCUT2D eigenvalue weighted by molar-refractivity contribution is 6.35. The summed E-state index contributed by atoms with van der Waals surface area (Å²) in [5.74, 6) is 0. The Morgan fingerprint density at radius 3 is 2.36 bits per heavy atom. The lowest BCUT2D eigenvalue weighted by Gasteiger charge is -2.45. The number of amides is 1. The predicted octanol–water partition coefficient (Wildman–Crippen LogP) is 3.63. The van der Waals surface area contributed by atoms with Crippen LogP contribution < -0.4 is 10.6 Å². The van der Waals surface area contributed by atoms with Crippen molar-refractivity contribution in [2.24, 2.45) is 0 Å². The van der Waals surface area contributed by atoms with Crippen molar-refractivity contribution in [2.45, 2.75) is 52.3 Å². The van der Waals surface area contributed by atoms with Crippen LogP contribution in [0.5, 0.6) is 0 Å². The monoisotopic (exact) mass is 364 g/mol. The first kappa shape index (κ1) is 19.2. The third-order valence-electron chi connectivity index (χ3n) is 4.07. The number of halogens is 1. The minimum atomic E-state index is -0.535. The zero-order chi connectivity index (χ0) is 18.9. The molecule has 6 nitrogen and oxygen atoms in total. The largest absolute Gasteiger partial charge is 0.444 e. The Labute approximate surface area is 154 Å². The van der Waals surface area contributed by atoms with Crippen LogP contribution in [0.3, 0.4) is 0 Å². The fourth-order valence-corrected chi connectivity index (χ4v) is 3.35. The van der Waals surface area contributed by atoms with Crippen molar-refractivity contribution in [3.8, 4) is 6.07 Å². The maximum absolute atomic E-state index is 12.5. The minimum Gasteiger partial charge on any atom is -0.444 e. The van der Waals surface area contributed by atoms with Gasteiger partial charge in [0.1, 0.15) is 5.60 Å². The summed E-state index contributed by atoms with van der Waals surface area (Å²) in [5.41, 5.74) is 6.96. The molecule has 0 bridgehead atoms. The number of nitrogen functional groups attached to an aromatic ring is 1. The van der Waals surface area contributed by atoms with E-state index in [-0.39, 0.29) is 18.2 Å². The summed E-state index contributed by atoms with van der Waals surface area (Å²) >= 11 is 6.36. The zero-order valence-corrected chi connectivity index (χ0v) is 16.1. The Morgan fingerprint density at radius 2 is 1.88 bits per heavy atom. The Kier molecular flexibility index (Phi) is 5.38. The quantitative estimate of drug-likeness (QED) is 0.769. The molecule has 1 amide bonds. The third-order valence-corrected chi connectivity index (χ3v) is 4.49. The number of nitrogens with zero attached hydrogens (tertiary/aromatic N) is 3. The number of carbonyl (C=O) groups is 1. The van der Waals surface area contributed by atoms with Crippen LogP contribution in [0.1, 0.15) is 40.2 Å². The molecule has 1 aliphatic rings. The van der Waals surface area contributed by atoms with Gasteiger partial charge in [-0.3, -0.25) is 4.90 Å². The van der Waals surface area contributed by atoms with Crippen LogP contribution in [-0.2, 0) is 4.74 Å². The number of carbonyl (C=O) groups excluding carboxylic acids is 1. The van der Waals surface area contributed by atoms with Crippen LogP contribution >= 0.6 is 11.6 Å². The Bertz CT molecular complexity index is 696. The fraction of sp³-hybridized carbons (Fsp3) is 0.556. The van der Waals surface area contributed by atoms with E-state index in [1.165, 1.54) is 0 Å². The van der Waals surface area contributed by atoms with Crippen LogP contribution in [0.15, 0.2) is 12.1 Å². The number of piperazine rings is 1. The summed E-state index contributed by atoms with van der Waals surface area (Å²) in [7, 11) is 0. The molecule has 0 spiro atoms. The first-order valence-corrected chi connectivity index (χ1v) is 8.66. The number of nitriles is 1. The molecule has 1 aromatic carbocycles. The molecule has 25 heavy (non-hydrogen) atoms. The molecule has 1 aromatic rings. The lowest BCUT2D eigenvalue weighted by Crippen LogP contribution is -2.59. The molecule has 0 unspecified atom stereocenters. The highest BCUT2D eigenvalue weighted by Crippen LogP contribution is 2.35. The first-order valence-electron chi connectivity index (χ1n) is 8.29. The minimum absolute atomic E-state index is 0.0679. The molecule has 1 fully saturated rings. The van der Waals surface area contributed by atoms with Crippen LogP contribution in [0.4, 0.5) is 16.2 Å². The Hall–Kier alpha value is -2.13. The molecule has 1 saturated heterocycles. The summed E-state index contributed by atoms with van der Waals surface area (Å²) in [6.45, 7) is 10.7. The number of anilines is 2. The molecule has 7 heteroatoms. The van der Waals surface area contributed by atoms with Crippen molar-refractivity contribution in [3.63, 3.8) is 0 Å². The van der Waals surface area contributed by atoms with Gasteiger partial charge >= 0.3 is 6.09 Å². The van der Waals surface area contributed by atoms with Crippen molar-refractivity contribution in [3.05, 3.63) is 22.7 Å². The van der Waals surface area contributed by atoms with Gasteiger partial charge in [0, 0.05) is 13.1 Å². The smallest absolute Gasteiger partial charge is 0.410 e. The standard InChI is InChI=1S/C18H25ClN4O2/c1-11-9-22(15-7-13(8-20)6-14(21)16(15)19)10-12(2)23(11)17(24)25-18(3,4)5/h6-7,11-12H,9-10,21H2,1-5H3/t11-,12-/m1/s1. The average molecular weight is 365 g/mol. The molecule has 1 heterocycles. The van der Waals surface area contributed by atoms with Crippen molar-refractivity contribution >= 4 is 29.1 Å². The van der Waals surface area contributed by atoms with Gasteiger partial charge in [-0.25, -0.2) is 4.79 Å². The van der Waals surface area contributed by atoms with Gasteiger partial charge in [0.15, 0.2) is 0 Å². The second-order valence-corrected chi connectivity index (χ2v) is 7.88. The lowest BCUT2D eigenvalue weighted by atomic mass is 10.1. The second-order valence-electron chi connectivity index (χ2n) is 7.50. The van der Waals surface area contributed by atoms with E-state index in [1.807, 2.05) is 34.6 Å². The van der Waals surface area contributed by atoms with Gasteiger partial charge in [0.05, 0.1) is 40.1 Å². The molecular formula is C18H25ClN4O2. The van der Waals surface area contributed by atoms with Crippen molar-refractivity contribution in [2.75, 3.05) is 23.7 Å². The lowest BCUT2D eigenvalue weighted by molar-refractivity contribution is 0.00566. The van der Waals surface area contributed by atoms with Gasteiger partial charge in [-0.1, -0.05) is 11.6 Å². The van der Waals surface area contributed by atoms with E-state index in [4.69, 9.17) is 27.3 Å². The van der Waals surface area contributed by atoms with E-state index in [0.29, 0.717) is 29.4 Å². The normalized spacial score (nSPS) is 21.0. The average Bonchev–Trinajstić information content (AvgIpc) is 2.47. The maximum Gasteiger partial charge on any atom is 0.410 e. The number of hydrogen-bond acceptors (Lipinski definition) is 5. The van der Waals surface area contributed by atoms with E-state index in [0.717, 1.165) is 5.69 Å². The van der Waals surface area contributed by atoms with E-state index in [9.17, 15) is 4.79 Å². The highest BCUT2D eigenvalue weighted by atomic mass is 35.5. The van der Waals surface area contributed by atoms with Gasteiger partial charge in [-0.05, 0) is 46.8 Å². The van der Waals surface area contributed by atoms with Gasteiger partial charge in [0.2, 0.25) is 0 Å². The number of rotatable bonds is 1. The van der Waals surface area contributed by atoms with E-state index >= 15 is 0 Å². The Balaban J connectivity index is 2.24. The van der Waals surface area contributed by atoms with Gasteiger partial charge in [-0.15, -0.1) is 0 Å². The van der Waals surface area contributed by atoms with E-state index in [2.05, 4.69) is 11.0 Å². The molecule has 0 saturated carbocycles. The summed E-state index contributed by atoms with van der Waals surface area (Å²) < 4.78 is 5.52. The van der Waals surface area contributed by atoms with Gasteiger partial charge in [0.25, 0.3) is 0 Å². The zero-order valence-electron chi connectivity index (χ0n) is 15.3. The molecule has 0 aliphatic carbocycles. The molecule has 0 aromatic heterocycles. The predicted molar refractivity (Wildman–Crippen MR) is 99.8 cm³/mol. The summed E-state index contributed by atoms with van der Waals surface area (Å²) in [6.07, 6.45) is -0.316. The maximum atomic E-state index is 12.5. The molecular weight excluding hydrogens is 340 g/mol. The van der Waals surface area contributed by atoms with Crippen molar-refractivity contribution in [1.82, 2.24) is 4.90 Å². The van der Waals surface area contributed by atoms with Gasteiger partial charge < -0.3 is 15.4 Å². The molecule has 136 valence electrons. The van der Waals surface area contributed by atoms with Gasteiger partial charge in [-0.2, -0.15) is 5.26 Å². The molecule has 2 rings (SSSR count). The fourth-order valence-electron chi connectivity index (χ4n) is 3.12. The number of ether oxygens (including phenoxy) is 1. The topological polar surface area (TPSA) is 82.6 Å². The molecule has 2 atom stereocenters. The SMILES string of the molecule is C[C@@H]1CN(c2cc(C#N)cc(N)c2Cl)C[C@@H](C)N1C(=O)OC(C)(C)C. The van der Waals surface area contributed by atoms with E-state index < -0.39 is 5.60 Å². The first-order chi connectivity index (χ1) is 11.5. The van der Waals surface area contributed by atoms with E-state index in [1.54, 1.807) is 17.0 Å². The molecule has 1 aliphatic heterocycles. The summed E-state index contributed by atoms with van der Waals surface area (Å²) in [5, 5.41) is 9.60. The van der Waals surface area contributed by atoms with Crippen molar-refractivity contribution < 1.29 is 9.53 Å². The van der Waals surface area contributed by atoms with Crippen LogP contribution in [0, 0.1) is 11.3 Å². The third kappa shape index (κ3) is 4.29. The van der Waals surface area contributed by atoms with Crippen LogP contribution in [-0.4, -0.2) is 41.8 Å². The molecule has 2 N–H and O–H groups in total. The summed E-state index contributed by atoms with van der Waals surface area (Å²) in [6, 6.07) is 5.27. The van der Waals surface area contributed by atoms with Crippen molar-refractivity contribution in [1.29, 1.82) is 5.26 Å². The van der Waals surface area contributed by atoms with Crippen LogP contribution in [0.2, 0.25) is 5.02 Å². The van der Waals surface area contributed by atoms with Crippen LogP contribution in [0.25, 0.3) is 0 Å². The second kappa shape index (κ2) is 7.01. The number of nitrogens with two attached hydrogens (primary N) is 1.